The van der Waals surface area contributed by atoms with Gasteiger partial charge in [0.15, 0.2) is 0 Å². The van der Waals surface area contributed by atoms with Crippen molar-refractivity contribution >= 4 is 22.5 Å². The SMILES string of the molecule is CN(Cc1c[nH]c2cc(Cl)ccc12)C1CCCC1CN. The second-order valence-electron chi connectivity index (χ2n) is 5.91. The van der Waals surface area contributed by atoms with Gasteiger partial charge in [0.05, 0.1) is 0 Å². The molecule has 1 saturated carbocycles. The van der Waals surface area contributed by atoms with E-state index in [-0.39, 0.29) is 0 Å². The van der Waals surface area contributed by atoms with E-state index >= 15 is 0 Å². The summed E-state index contributed by atoms with van der Waals surface area (Å²) in [5.74, 6) is 0.652. The molecule has 1 fully saturated rings. The zero-order chi connectivity index (χ0) is 14.1. The Bertz CT molecular complexity index is 592. The lowest BCUT2D eigenvalue weighted by atomic mass is 10.0. The molecule has 0 amide bonds. The van der Waals surface area contributed by atoms with E-state index in [1.165, 1.54) is 30.2 Å². The first kappa shape index (κ1) is 13.9. The smallest absolute Gasteiger partial charge is 0.0472 e. The van der Waals surface area contributed by atoms with Crippen molar-refractivity contribution in [2.24, 2.45) is 11.7 Å². The largest absolute Gasteiger partial charge is 0.361 e. The van der Waals surface area contributed by atoms with Crippen molar-refractivity contribution < 1.29 is 0 Å². The number of nitrogens with zero attached hydrogens (tertiary/aromatic N) is 1. The molecule has 3 rings (SSSR count). The summed E-state index contributed by atoms with van der Waals surface area (Å²) in [4.78, 5) is 5.77. The fourth-order valence-corrected chi connectivity index (χ4v) is 3.72. The minimum absolute atomic E-state index is 0.622. The van der Waals surface area contributed by atoms with Gasteiger partial charge in [-0.15, -0.1) is 0 Å². The normalized spacial score (nSPS) is 23.0. The number of H-pyrrole nitrogens is 1. The second-order valence-corrected chi connectivity index (χ2v) is 6.35. The van der Waals surface area contributed by atoms with Gasteiger partial charge in [0, 0.05) is 34.7 Å². The molecule has 1 aliphatic carbocycles. The summed E-state index contributed by atoms with van der Waals surface area (Å²) < 4.78 is 0. The molecule has 0 saturated heterocycles. The summed E-state index contributed by atoms with van der Waals surface area (Å²) in [6.45, 7) is 1.77. The average molecular weight is 292 g/mol. The van der Waals surface area contributed by atoms with Crippen LogP contribution in [-0.2, 0) is 6.54 Å². The van der Waals surface area contributed by atoms with E-state index in [1.54, 1.807) is 0 Å². The van der Waals surface area contributed by atoms with Crippen LogP contribution >= 0.6 is 11.6 Å². The number of fused-ring (bicyclic) bond motifs is 1. The highest BCUT2D eigenvalue weighted by Gasteiger charge is 2.29. The number of nitrogens with two attached hydrogens (primary N) is 1. The highest BCUT2D eigenvalue weighted by Crippen LogP contribution is 2.30. The second kappa shape index (κ2) is 5.76. The lowest BCUT2D eigenvalue weighted by molar-refractivity contribution is 0.193. The Balaban J connectivity index is 1.79. The van der Waals surface area contributed by atoms with E-state index in [2.05, 4.69) is 29.2 Å². The molecule has 3 nitrogen and oxygen atoms in total. The summed E-state index contributed by atoms with van der Waals surface area (Å²) in [6.07, 6.45) is 5.95. The van der Waals surface area contributed by atoms with Gasteiger partial charge in [0.25, 0.3) is 0 Å². The van der Waals surface area contributed by atoms with Crippen LogP contribution in [0.25, 0.3) is 10.9 Å². The Morgan fingerprint density at radius 3 is 3.05 bits per heavy atom. The summed E-state index contributed by atoms with van der Waals surface area (Å²) >= 11 is 6.03. The zero-order valence-electron chi connectivity index (χ0n) is 11.9. The minimum Gasteiger partial charge on any atom is -0.361 e. The van der Waals surface area contributed by atoms with Crippen LogP contribution in [0, 0.1) is 5.92 Å². The molecule has 2 atom stereocenters. The molecule has 0 aliphatic heterocycles. The van der Waals surface area contributed by atoms with Crippen LogP contribution in [0.3, 0.4) is 0 Å². The maximum Gasteiger partial charge on any atom is 0.0472 e. The number of hydrogen-bond acceptors (Lipinski definition) is 2. The number of benzene rings is 1. The van der Waals surface area contributed by atoms with Gasteiger partial charge >= 0.3 is 0 Å². The molecule has 108 valence electrons. The molecule has 2 aromatic rings. The zero-order valence-corrected chi connectivity index (χ0v) is 12.7. The highest BCUT2D eigenvalue weighted by molar-refractivity contribution is 6.31. The topological polar surface area (TPSA) is 45.0 Å². The number of hydrogen-bond donors (Lipinski definition) is 2. The van der Waals surface area contributed by atoms with Crippen molar-refractivity contribution in [1.82, 2.24) is 9.88 Å². The fraction of sp³-hybridized carbons (Fsp3) is 0.500. The molecule has 0 spiro atoms. The van der Waals surface area contributed by atoms with Crippen molar-refractivity contribution in [3.05, 3.63) is 35.0 Å². The van der Waals surface area contributed by atoms with Gasteiger partial charge in [-0.25, -0.2) is 0 Å². The van der Waals surface area contributed by atoms with Crippen LogP contribution < -0.4 is 5.73 Å². The number of halogens is 1. The Labute approximate surface area is 125 Å². The van der Waals surface area contributed by atoms with E-state index in [0.29, 0.717) is 12.0 Å². The van der Waals surface area contributed by atoms with Crippen molar-refractivity contribution in [2.75, 3.05) is 13.6 Å². The predicted molar refractivity (Wildman–Crippen MR) is 85.0 cm³/mol. The quantitative estimate of drug-likeness (QED) is 0.907. The Hall–Kier alpha value is -1.03. The van der Waals surface area contributed by atoms with E-state index < -0.39 is 0 Å². The summed E-state index contributed by atoms with van der Waals surface area (Å²) in [5.41, 5.74) is 8.34. The number of rotatable bonds is 4. The third-order valence-electron chi connectivity index (χ3n) is 4.64. The van der Waals surface area contributed by atoms with Gasteiger partial charge in [0.1, 0.15) is 0 Å². The van der Waals surface area contributed by atoms with Crippen LogP contribution in [0.4, 0.5) is 0 Å². The molecule has 1 aromatic heterocycles. The molecule has 3 N–H and O–H groups in total. The summed E-state index contributed by atoms with van der Waals surface area (Å²) in [7, 11) is 2.22. The minimum atomic E-state index is 0.622. The van der Waals surface area contributed by atoms with Gasteiger partial charge in [-0.05, 0) is 50.0 Å². The maximum atomic E-state index is 6.03. The van der Waals surface area contributed by atoms with Gasteiger partial charge < -0.3 is 10.7 Å². The standard InChI is InChI=1S/C16H22ClN3/c1-20(16-4-2-3-11(16)8-18)10-12-9-19-15-7-13(17)5-6-14(12)15/h5-7,9,11,16,19H,2-4,8,10,18H2,1H3. The first-order valence-electron chi connectivity index (χ1n) is 7.35. The van der Waals surface area contributed by atoms with Crippen LogP contribution in [-0.4, -0.2) is 29.5 Å². The number of nitrogens with one attached hydrogen (secondary N) is 1. The first-order valence-corrected chi connectivity index (χ1v) is 7.72. The molecule has 2 unspecified atom stereocenters. The van der Waals surface area contributed by atoms with E-state index in [4.69, 9.17) is 17.3 Å². The molecule has 20 heavy (non-hydrogen) atoms. The predicted octanol–water partition coefficient (Wildman–Crippen LogP) is 3.38. The number of aromatic nitrogens is 1. The van der Waals surface area contributed by atoms with Gasteiger partial charge in [-0.2, -0.15) is 0 Å². The van der Waals surface area contributed by atoms with Gasteiger partial charge in [0.2, 0.25) is 0 Å². The average Bonchev–Trinajstić information content (AvgIpc) is 3.05. The molecule has 1 aliphatic rings. The van der Waals surface area contributed by atoms with Gasteiger partial charge in [-0.3, -0.25) is 4.90 Å². The van der Waals surface area contributed by atoms with E-state index in [0.717, 1.165) is 23.6 Å². The maximum absolute atomic E-state index is 6.03. The molecule has 0 radical (unpaired) electrons. The van der Waals surface area contributed by atoms with Crippen molar-refractivity contribution in [1.29, 1.82) is 0 Å². The van der Waals surface area contributed by atoms with Crippen molar-refractivity contribution in [2.45, 2.75) is 31.8 Å². The monoisotopic (exact) mass is 291 g/mol. The highest BCUT2D eigenvalue weighted by atomic mass is 35.5. The lowest BCUT2D eigenvalue weighted by Crippen LogP contribution is -2.37. The molecular formula is C16H22ClN3. The molecular weight excluding hydrogens is 270 g/mol. The Morgan fingerprint density at radius 2 is 2.25 bits per heavy atom. The van der Waals surface area contributed by atoms with Crippen molar-refractivity contribution in [3.8, 4) is 0 Å². The van der Waals surface area contributed by atoms with Crippen molar-refractivity contribution in [3.63, 3.8) is 0 Å². The molecule has 1 heterocycles. The van der Waals surface area contributed by atoms with E-state index in [1.807, 2.05) is 12.1 Å². The molecule has 0 bridgehead atoms. The first-order chi connectivity index (χ1) is 9.69. The van der Waals surface area contributed by atoms with Crippen LogP contribution in [0.15, 0.2) is 24.4 Å². The van der Waals surface area contributed by atoms with E-state index in [9.17, 15) is 0 Å². The number of aromatic amines is 1. The summed E-state index contributed by atoms with van der Waals surface area (Å²) in [6, 6.07) is 6.67. The van der Waals surface area contributed by atoms with Gasteiger partial charge in [-0.1, -0.05) is 24.1 Å². The molecule has 4 heteroatoms. The Kier molecular flexibility index (Phi) is 4.01. The third kappa shape index (κ3) is 2.58. The Morgan fingerprint density at radius 1 is 1.40 bits per heavy atom. The van der Waals surface area contributed by atoms with Crippen LogP contribution in [0.1, 0.15) is 24.8 Å². The lowest BCUT2D eigenvalue weighted by Gasteiger charge is -2.28. The third-order valence-corrected chi connectivity index (χ3v) is 4.87. The summed E-state index contributed by atoms with van der Waals surface area (Å²) in [5, 5.41) is 2.04. The molecule has 1 aromatic carbocycles. The van der Waals surface area contributed by atoms with Crippen LogP contribution in [0.2, 0.25) is 5.02 Å². The van der Waals surface area contributed by atoms with Crippen LogP contribution in [0.5, 0.6) is 0 Å². The fourth-order valence-electron chi connectivity index (χ4n) is 3.55.